The minimum atomic E-state index is -0.508. The van der Waals surface area contributed by atoms with Crippen molar-refractivity contribution in [3.05, 3.63) is 34.4 Å². The van der Waals surface area contributed by atoms with E-state index in [1.807, 2.05) is 0 Å². The number of morpholine rings is 1. The molecule has 0 aliphatic carbocycles. The van der Waals surface area contributed by atoms with Gasteiger partial charge < -0.3 is 24.8 Å². The molecule has 0 spiro atoms. The van der Waals surface area contributed by atoms with E-state index >= 15 is 0 Å². The maximum absolute atomic E-state index is 12.4. The van der Waals surface area contributed by atoms with Crippen molar-refractivity contribution in [1.29, 1.82) is 0 Å². The van der Waals surface area contributed by atoms with Crippen LogP contribution in [0.3, 0.4) is 0 Å². The van der Waals surface area contributed by atoms with Crippen LogP contribution >= 0.6 is 0 Å². The number of rotatable bonds is 2. The Bertz CT molecular complexity index is 683. The molecule has 0 atom stereocenters. The van der Waals surface area contributed by atoms with Gasteiger partial charge in [0.1, 0.15) is 0 Å². The van der Waals surface area contributed by atoms with Crippen LogP contribution in [0.5, 0.6) is 0 Å². The molecule has 2 fully saturated rings. The number of nitro groups is 1. The number of non-ortho nitro benzene ring substituents is 1. The van der Waals surface area contributed by atoms with Crippen molar-refractivity contribution in [2.24, 2.45) is 0 Å². The molecule has 3 rings (SSSR count). The lowest BCUT2D eigenvalue weighted by molar-refractivity contribution is -0.384. The molecule has 2 heterocycles. The topological polar surface area (TPSA) is 108 Å². The Morgan fingerprint density at radius 2 is 1.62 bits per heavy atom. The molecule has 10 heteroatoms. The highest BCUT2D eigenvalue weighted by atomic mass is 16.6. The molecule has 1 N–H and O–H groups in total. The molecule has 26 heavy (non-hydrogen) atoms. The Kier molecular flexibility index (Phi) is 5.52. The third-order valence-electron chi connectivity index (χ3n) is 4.43. The second kappa shape index (κ2) is 8.00. The lowest BCUT2D eigenvalue weighted by Gasteiger charge is -2.38. The molecule has 2 saturated heterocycles. The van der Waals surface area contributed by atoms with Crippen LogP contribution in [0.2, 0.25) is 0 Å². The average Bonchev–Trinajstić information content (AvgIpc) is 2.68. The van der Waals surface area contributed by atoms with Crippen LogP contribution in [0.15, 0.2) is 24.3 Å². The summed E-state index contributed by atoms with van der Waals surface area (Å²) in [5.74, 6) is 0. The Hall–Kier alpha value is -2.88. The minimum absolute atomic E-state index is 0.0213. The van der Waals surface area contributed by atoms with Crippen molar-refractivity contribution < 1.29 is 19.2 Å². The second-order valence-corrected chi connectivity index (χ2v) is 6.09. The van der Waals surface area contributed by atoms with Gasteiger partial charge in [0.15, 0.2) is 0 Å². The van der Waals surface area contributed by atoms with Gasteiger partial charge in [0, 0.05) is 57.1 Å². The lowest BCUT2D eigenvalue weighted by Crippen LogP contribution is -2.56. The predicted molar refractivity (Wildman–Crippen MR) is 93.0 cm³/mol. The number of piperazine rings is 1. The first-order chi connectivity index (χ1) is 12.5. The van der Waals surface area contributed by atoms with Gasteiger partial charge in [-0.1, -0.05) is 6.07 Å². The number of nitrogens with zero attached hydrogens (tertiary/aromatic N) is 4. The summed E-state index contributed by atoms with van der Waals surface area (Å²) in [6.45, 7) is 4.03. The average molecular weight is 363 g/mol. The van der Waals surface area contributed by atoms with Crippen molar-refractivity contribution in [3.8, 4) is 0 Å². The van der Waals surface area contributed by atoms with Gasteiger partial charge in [0.05, 0.1) is 18.1 Å². The normalized spacial score (nSPS) is 17.8. The molecule has 2 aliphatic rings. The summed E-state index contributed by atoms with van der Waals surface area (Å²) in [5, 5.41) is 13.5. The molecule has 10 nitrogen and oxygen atoms in total. The van der Waals surface area contributed by atoms with Crippen molar-refractivity contribution in [1.82, 2.24) is 14.7 Å². The number of hydrogen-bond donors (Lipinski definition) is 1. The summed E-state index contributed by atoms with van der Waals surface area (Å²) < 4.78 is 5.25. The molecule has 0 radical (unpaired) electrons. The van der Waals surface area contributed by atoms with Crippen LogP contribution in [-0.4, -0.2) is 84.2 Å². The molecule has 2 aliphatic heterocycles. The van der Waals surface area contributed by atoms with E-state index in [0.29, 0.717) is 58.2 Å². The van der Waals surface area contributed by atoms with E-state index in [1.165, 1.54) is 18.2 Å². The Labute approximate surface area is 150 Å². The van der Waals surface area contributed by atoms with Gasteiger partial charge in [-0.15, -0.1) is 0 Å². The van der Waals surface area contributed by atoms with Gasteiger partial charge in [-0.25, -0.2) is 9.59 Å². The fourth-order valence-corrected chi connectivity index (χ4v) is 2.96. The maximum Gasteiger partial charge on any atom is 0.321 e. The molecule has 0 unspecified atom stereocenters. The van der Waals surface area contributed by atoms with E-state index in [2.05, 4.69) is 5.32 Å². The molecular formula is C16H21N5O5. The van der Waals surface area contributed by atoms with Crippen LogP contribution in [0.25, 0.3) is 0 Å². The van der Waals surface area contributed by atoms with Gasteiger partial charge in [-0.3, -0.25) is 10.1 Å². The van der Waals surface area contributed by atoms with Gasteiger partial charge in [0.2, 0.25) is 0 Å². The van der Waals surface area contributed by atoms with E-state index in [1.54, 1.807) is 20.8 Å². The number of ether oxygens (including phenoxy) is 1. The molecule has 1 aromatic rings. The summed E-state index contributed by atoms with van der Waals surface area (Å²) in [7, 11) is 0. The van der Waals surface area contributed by atoms with Crippen molar-refractivity contribution in [3.63, 3.8) is 0 Å². The van der Waals surface area contributed by atoms with Gasteiger partial charge in [-0.05, 0) is 6.07 Å². The molecule has 0 aromatic heterocycles. The van der Waals surface area contributed by atoms with Gasteiger partial charge in [-0.2, -0.15) is 0 Å². The molecule has 0 bridgehead atoms. The molecule has 4 amide bonds. The number of urea groups is 2. The Morgan fingerprint density at radius 1 is 1.00 bits per heavy atom. The third-order valence-corrected chi connectivity index (χ3v) is 4.43. The lowest BCUT2D eigenvalue weighted by atomic mass is 10.3. The number of nitrogens with one attached hydrogen (secondary N) is 1. The number of hydrogen-bond acceptors (Lipinski definition) is 5. The standard InChI is InChI=1S/C16H21N5O5/c22-15(17-13-2-1-3-14(12-13)21(24)25)18-4-6-19(7-5-18)16(23)20-8-10-26-11-9-20/h1-3,12H,4-11H2,(H,17,22). The van der Waals surface area contributed by atoms with E-state index in [4.69, 9.17) is 4.74 Å². The summed E-state index contributed by atoms with van der Waals surface area (Å²) in [5.41, 5.74) is 0.291. The van der Waals surface area contributed by atoms with Crippen LogP contribution in [0, 0.1) is 10.1 Å². The zero-order valence-electron chi connectivity index (χ0n) is 14.3. The Morgan fingerprint density at radius 3 is 2.27 bits per heavy atom. The first kappa shape index (κ1) is 17.9. The van der Waals surface area contributed by atoms with E-state index in [-0.39, 0.29) is 17.7 Å². The van der Waals surface area contributed by atoms with E-state index in [9.17, 15) is 19.7 Å². The summed E-state index contributed by atoms with van der Waals surface area (Å²) >= 11 is 0. The van der Waals surface area contributed by atoms with Crippen molar-refractivity contribution in [2.75, 3.05) is 57.8 Å². The quantitative estimate of drug-likeness (QED) is 0.627. The summed E-state index contributed by atoms with van der Waals surface area (Å²) in [6.07, 6.45) is 0. The zero-order chi connectivity index (χ0) is 18.5. The number of carbonyl (C=O) groups excluding carboxylic acids is 2. The maximum atomic E-state index is 12.4. The first-order valence-corrected chi connectivity index (χ1v) is 8.46. The number of carbonyl (C=O) groups is 2. The smallest absolute Gasteiger partial charge is 0.321 e. The third kappa shape index (κ3) is 4.20. The SMILES string of the molecule is O=C(Nc1cccc([N+](=O)[O-])c1)N1CCN(C(=O)N2CCOCC2)CC1. The molecule has 0 saturated carbocycles. The monoisotopic (exact) mass is 363 g/mol. The highest BCUT2D eigenvalue weighted by Gasteiger charge is 2.28. The first-order valence-electron chi connectivity index (χ1n) is 8.46. The van der Waals surface area contributed by atoms with Crippen LogP contribution < -0.4 is 5.32 Å². The minimum Gasteiger partial charge on any atom is -0.378 e. The van der Waals surface area contributed by atoms with Crippen molar-refractivity contribution >= 4 is 23.4 Å². The zero-order valence-corrected chi connectivity index (χ0v) is 14.3. The number of nitro benzene ring substituents is 1. The van der Waals surface area contributed by atoms with Crippen molar-refractivity contribution in [2.45, 2.75) is 0 Å². The summed E-state index contributed by atoms with van der Waals surface area (Å²) in [4.78, 5) is 40.2. The number of benzene rings is 1. The number of amides is 4. The highest BCUT2D eigenvalue weighted by molar-refractivity contribution is 5.90. The van der Waals surface area contributed by atoms with Crippen LogP contribution in [0.4, 0.5) is 21.0 Å². The van der Waals surface area contributed by atoms with Gasteiger partial charge in [0.25, 0.3) is 5.69 Å². The van der Waals surface area contributed by atoms with E-state index < -0.39 is 4.92 Å². The largest absolute Gasteiger partial charge is 0.378 e. The van der Waals surface area contributed by atoms with Gasteiger partial charge >= 0.3 is 12.1 Å². The fourth-order valence-electron chi connectivity index (χ4n) is 2.96. The number of anilines is 1. The van der Waals surface area contributed by atoms with E-state index in [0.717, 1.165) is 0 Å². The van der Waals surface area contributed by atoms with Crippen LogP contribution in [0.1, 0.15) is 0 Å². The summed E-state index contributed by atoms with van der Waals surface area (Å²) in [6, 6.07) is 5.45. The predicted octanol–water partition coefficient (Wildman–Crippen LogP) is 1.20. The second-order valence-electron chi connectivity index (χ2n) is 6.09. The molecular weight excluding hydrogens is 342 g/mol. The van der Waals surface area contributed by atoms with Crippen LogP contribution in [-0.2, 0) is 4.74 Å². The fraction of sp³-hybridized carbons (Fsp3) is 0.500. The Balaban J connectivity index is 1.51. The molecule has 140 valence electrons. The highest BCUT2D eigenvalue weighted by Crippen LogP contribution is 2.18. The molecule has 1 aromatic carbocycles.